The molecule has 0 fully saturated rings. The first-order valence-corrected chi connectivity index (χ1v) is 10.1. The van der Waals surface area contributed by atoms with Crippen LogP contribution in [0.1, 0.15) is 22.0 Å². The second kappa shape index (κ2) is 8.54. The van der Waals surface area contributed by atoms with Crippen molar-refractivity contribution in [1.82, 2.24) is 4.98 Å². The first-order chi connectivity index (χ1) is 14.0. The van der Waals surface area contributed by atoms with Crippen molar-refractivity contribution < 1.29 is 17.9 Å². The summed E-state index contributed by atoms with van der Waals surface area (Å²) in [5.41, 5.74) is 0.864. The van der Waals surface area contributed by atoms with Crippen LogP contribution in [0.25, 0.3) is 0 Å². The number of nitriles is 1. The van der Waals surface area contributed by atoms with Crippen LogP contribution >= 0.6 is 0 Å². The number of rotatable bonds is 7. The molecule has 0 aliphatic heterocycles. The third-order valence-electron chi connectivity index (χ3n) is 4.18. The van der Waals surface area contributed by atoms with Gasteiger partial charge in [0.25, 0.3) is 10.0 Å². The molecular formula is C21H17N3O4S. The molecular weight excluding hydrogens is 390 g/mol. The Morgan fingerprint density at radius 2 is 1.76 bits per heavy atom. The molecule has 7 nitrogen and oxygen atoms in total. The third-order valence-corrected chi connectivity index (χ3v) is 5.56. The number of Topliss-reactive ketones (excluding diaryl/α,β-unsaturated/α-hetero) is 1. The molecule has 3 rings (SSSR count). The van der Waals surface area contributed by atoms with E-state index < -0.39 is 21.7 Å². The van der Waals surface area contributed by atoms with Gasteiger partial charge in [-0.05, 0) is 48.5 Å². The number of benzene rings is 2. The third kappa shape index (κ3) is 4.42. The lowest BCUT2D eigenvalue weighted by Gasteiger charge is -2.12. The Bertz CT molecular complexity index is 1150. The van der Waals surface area contributed by atoms with Crippen LogP contribution in [0.5, 0.6) is 5.75 Å². The standard InChI is InChI=1S/C21H17N3O4S/c1-28-20-8-3-2-7-19(20)24-29(26,27)16-11-9-15(10-12-16)21(25)17(14-22)18-6-4-5-13-23-18/h2-13,17,24H,1H3. The number of ketones is 1. The van der Waals surface area contributed by atoms with Gasteiger partial charge in [0.2, 0.25) is 0 Å². The van der Waals surface area contributed by atoms with Gasteiger partial charge in [-0.3, -0.25) is 14.5 Å². The smallest absolute Gasteiger partial charge is 0.262 e. The summed E-state index contributed by atoms with van der Waals surface area (Å²) >= 11 is 0. The molecule has 0 spiro atoms. The Balaban J connectivity index is 1.84. The molecule has 0 saturated carbocycles. The van der Waals surface area contributed by atoms with Gasteiger partial charge in [0.05, 0.1) is 29.5 Å². The fourth-order valence-electron chi connectivity index (χ4n) is 2.70. The summed E-state index contributed by atoms with van der Waals surface area (Å²) < 4.78 is 32.9. The maximum atomic E-state index is 12.7. The SMILES string of the molecule is COc1ccccc1NS(=O)(=O)c1ccc(C(=O)C(C#N)c2ccccn2)cc1. The van der Waals surface area contributed by atoms with Crippen LogP contribution in [0, 0.1) is 11.3 Å². The van der Waals surface area contributed by atoms with Gasteiger partial charge in [-0.25, -0.2) is 8.42 Å². The molecule has 0 amide bonds. The fourth-order valence-corrected chi connectivity index (χ4v) is 3.77. The number of anilines is 1. The van der Waals surface area contributed by atoms with Crippen molar-refractivity contribution in [3.05, 3.63) is 84.2 Å². The average molecular weight is 407 g/mol. The van der Waals surface area contributed by atoms with Crippen molar-refractivity contribution in [2.24, 2.45) is 0 Å². The highest BCUT2D eigenvalue weighted by Gasteiger charge is 2.24. The Hall–Kier alpha value is -3.70. The summed E-state index contributed by atoms with van der Waals surface area (Å²) in [6, 6.07) is 19.0. The number of nitrogens with zero attached hydrogens (tertiary/aromatic N) is 2. The van der Waals surface area contributed by atoms with E-state index in [1.165, 1.54) is 37.6 Å². The van der Waals surface area contributed by atoms with Crippen molar-refractivity contribution in [2.45, 2.75) is 10.8 Å². The number of ether oxygens (including phenoxy) is 1. The molecule has 3 aromatic rings. The van der Waals surface area contributed by atoms with E-state index in [2.05, 4.69) is 9.71 Å². The van der Waals surface area contributed by atoms with Crippen molar-refractivity contribution in [2.75, 3.05) is 11.8 Å². The Kier molecular flexibility index (Phi) is 5.90. The molecule has 0 saturated heterocycles. The molecule has 0 radical (unpaired) electrons. The molecule has 146 valence electrons. The number of pyridine rings is 1. The van der Waals surface area contributed by atoms with Gasteiger partial charge in [0, 0.05) is 11.8 Å². The van der Waals surface area contributed by atoms with Crippen LogP contribution < -0.4 is 9.46 Å². The minimum atomic E-state index is -3.89. The second-order valence-electron chi connectivity index (χ2n) is 6.01. The van der Waals surface area contributed by atoms with E-state index in [0.717, 1.165) is 0 Å². The van der Waals surface area contributed by atoms with Gasteiger partial charge in [-0.1, -0.05) is 18.2 Å². The fraction of sp³-hybridized carbons (Fsp3) is 0.0952. The molecule has 2 aromatic carbocycles. The van der Waals surface area contributed by atoms with Gasteiger partial charge in [-0.2, -0.15) is 5.26 Å². The van der Waals surface area contributed by atoms with Crippen LogP contribution in [0.4, 0.5) is 5.69 Å². The quantitative estimate of drug-likeness (QED) is 0.601. The van der Waals surface area contributed by atoms with Crippen LogP contribution in [-0.2, 0) is 10.0 Å². The zero-order valence-electron chi connectivity index (χ0n) is 15.4. The summed E-state index contributed by atoms with van der Waals surface area (Å²) in [5, 5.41) is 9.38. The van der Waals surface area contributed by atoms with Crippen molar-refractivity contribution in [3.63, 3.8) is 0 Å². The Morgan fingerprint density at radius 1 is 1.07 bits per heavy atom. The highest BCUT2D eigenvalue weighted by Crippen LogP contribution is 2.26. The molecule has 1 atom stereocenters. The second-order valence-corrected chi connectivity index (χ2v) is 7.69. The summed E-state index contributed by atoms with van der Waals surface area (Å²) in [4.78, 5) is 16.7. The van der Waals surface area contributed by atoms with Crippen molar-refractivity contribution in [1.29, 1.82) is 5.26 Å². The topological polar surface area (TPSA) is 109 Å². The first-order valence-electron chi connectivity index (χ1n) is 8.57. The summed E-state index contributed by atoms with van der Waals surface area (Å²) in [5.74, 6) is -1.13. The van der Waals surface area contributed by atoms with Crippen LogP contribution in [0.2, 0.25) is 0 Å². The number of nitrogens with one attached hydrogen (secondary N) is 1. The monoisotopic (exact) mass is 407 g/mol. The van der Waals surface area contributed by atoms with Crippen LogP contribution in [-0.4, -0.2) is 26.3 Å². The predicted molar refractivity (Wildman–Crippen MR) is 107 cm³/mol. The Morgan fingerprint density at radius 3 is 2.38 bits per heavy atom. The minimum Gasteiger partial charge on any atom is -0.495 e. The lowest BCUT2D eigenvalue weighted by molar-refractivity contribution is 0.0977. The lowest BCUT2D eigenvalue weighted by Crippen LogP contribution is -2.15. The molecule has 1 heterocycles. The van der Waals surface area contributed by atoms with E-state index in [-0.39, 0.29) is 10.5 Å². The number of carbonyl (C=O) groups is 1. The van der Waals surface area contributed by atoms with Gasteiger partial charge < -0.3 is 4.74 Å². The lowest BCUT2D eigenvalue weighted by atomic mass is 9.95. The van der Waals surface area contributed by atoms with E-state index in [9.17, 15) is 18.5 Å². The summed E-state index contributed by atoms with van der Waals surface area (Å²) in [6.07, 6.45) is 1.51. The van der Waals surface area contributed by atoms with E-state index in [1.54, 1.807) is 42.5 Å². The molecule has 8 heteroatoms. The molecule has 0 aliphatic carbocycles. The number of sulfonamides is 1. The highest BCUT2D eigenvalue weighted by atomic mass is 32.2. The highest BCUT2D eigenvalue weighted by molar-refractivity contribution is 7.92. The van der Waals surface area contributed by atoms with E-state index in [1.807, 2.05) is 6.07 Å². The average Bonchev–Trinajstić information content (AvgIpc) is 2.75. The first kappa shape index (κ1) is 20.0. The van der Waals surface area contributed by atoms with E-state index >= 15 is 0 Å². The maximum Gasteiger partial charge on any atom is 0.262 e. The number of hydrogen-bond donors (Lipinski definition) is 1. The Labute approximate surface area is 168 Å². The van der Waals surface area contributed by atoms with E-state index in [0.29, 0.717) is 17.1 Å². The summed E-state index contributed by atoms with van der Waals surface area (Å²) in [6.45, 7) is 0. The minimum absolute atomic E-state index is 0.0219. The molecule has 0 aliphatic rings. The summed E-state index contributed by atoms with van der Waals surface area (Å²) in [7, 11) is -2.44. The number of para-hydroxylation sites is 2. The number of hydrogen-bond acceptors (Lipinski definition) is 6. The normalized spacial score (nSPS) is 11.9. The molecule has 0 bridgehead atoms. The van der Waals surface area contributed by atoms with Gasteiger partial charge in [0.15, 0.2) is 11.7 Å². The van der Waals surface area contributed by atoms with Gasteiger partial charge in [-0.15, -0.1) is 0 Å². The zero-order valence-corrected chi connectivity index (χ0v) is 16.3. The maximum absolute atomic E-state index is 12.7. The van der Waals surface area contributed by atoms with E-state index in [4.69, 9.17) is 4.74 Å². The van der Waals surface area contributed by atoms with Gasteiger partial charge in [0.1, 0.15) is 5.75 Å². The van der Waals surface area contributed by atoms with Crippen LogP contribution in [0.15, 0.2) is 77.8 Å². The largest absolute Gasteiger partial charge is 0.495 e. The van der Waals surface area contributed by atoms with Crippen molar-refractivity contribution >= 4 is 21.5 Å². The predicted octanol–water partition coefficient (Wildman–Crippen LogP) is 3.38. The van der Waals surface area contributed by atoms with Crippen LogP contribution in [0.3, 0.4) is 0 Å². The van der Waals surface area contributed by atoms with Crippen molar-refractivity contribution in [3.8, 4) is 11.8 Å². The number of methoxy groups -OCH3 is 1. The molecule has 1 N–H and O–H groups in total. The molecule has 1 unspecified atom stereocenters. The molecule has 29 heavy (non-hydrogen) atoms. The molecule has 1 aromatic heterocycles. The zero-order chi connectivity index (χ0) is 20.9. The number of aromatic nitrogens is 1. The van der Waals surface area contributed by atoms with Gasteiger partial charge >= 0.3 is 0 Å². The number of carbonyl (C=O) groups excluding carboxylic acids is 1.